The van der Waals surface area contributed by atoms with Gasteiger partial charge in [0, 0.05) is 17.1 Å². The highest BCUT2D eigenvalue weighted by Gasteiger charge is 2.13. The molecular weight excluding hydrogens is 352 g/mol. The zero-order valence-electron chi connectivity index (χ0n) is 13.6. The molecule has 130 valence electrons. The van der Waals surface area contributed by atoms with Gasteiger partial charge in [-0.15, -0.1) is 0 Å². The van der Waals surface area contributed by atoms with Gasteiger partial charge in [0.15, 0.2) is 6.61 Å². The zero-order valence-corrected chi connectivity index (χ0v) is 14.4. The number of hydrogen-bond donors (Lipinski definition) is 2. The summed E-state index contributed by atoms with van der Waals surface area (Å²) in [6.45, 7) is -0.352. The number of carbonyl (C=O) groups excluding carboxylic acids is 2. The molecule has 0 fully saturated rings. The van der Waals surface area contributed by atoms with E-state index >= 15 is 0 Å². The number of benzene rings is 2. The quantitative estimate of drug-likeness (QED) is 0.529. The number of H-pyrrole nitrogens is 1. The molecule has 4 rings (SSSR count). The van der Waals surface area contributed by atoms with E-state index in [0.717, 1.165) is 28.2 Å². The van der Waals surface area contributed by atoms with Crippen molar-refractivity contribution in [1.82, 2.24) is 13.7 Å². The molecule has 0 aliphatic rings. The van der Waals surface area contributed by atoms with Gasteiger partial charge in [-0.3, -0.25) is 9.59 Å². The van der Waals surface area contributed by atoms with E-state index in [1.807, 2.05) is 30.3 Å². The van der Waals surface area contributed by atoms with Crippen molar-refractivity contribution in [1.29, 1.82) is 0 Å². The van der Waals surface area contributed by atoms with Gasteiger partial charge in [-0.1, -0.05) is 24.3 Å². The fraction of sp³-hybridized carbons (Fsp3) is 0.111. The van der Waals surface area contributed by atoms with Crippen molar-refractivity contribution in [3.63, 3.8) is 0 Å². The Hall–Kier alpha value is -3.26. The van der Waals surface area contributed by atoms with E-state index in [2.05, 4.69) is 19.0 Å². The summed E-state index contributed by atoms with van der Waals surface area (Å²) >= 11 is 1.08. The second-order valence-corrected chi connectivity index (χ2v) is 6.21. The van der Waals surface area contributed by atoms with Gasteiger partial charge >= 0.3 is 5.97 Å². The Balaban J connectivity index is 1.35. The van der Waals surface area contributed by atoms with Crippen LogP contribution < -0.4 is 5.32 Å². The summed E-state index contributed by atoms with van der Waals surface area (Å²) in [5.74, 6) is -0.879. The topological polar surface area (TPSA) is 97.0 Å². The lowest BCUT2D eigenvalue weighted by atomic mass is 10.1. The highest BCUT2D eigenvalue weighted by molar-refractivity contribution is 7.00. The number of nitrogens with zero attached hydrogens (tertiary/aromatic N) is 2. The van der Waals surface area contributed by atoms with Crippen LogP contribution in [0.1, 0.15) is 5.56 Å². The first-order chi connectivity index (χ1) is 12.7. The molecule has 0 saturated heterocycles. The Kier molecular flexibility index (Phi) is 4.32. The van der Waals surface area contributed by atoms with E-state index in [4.69, 9.17) is 4.74 Å². The predicted molar refractivity (Wildman–Crippen MR) is 99.0 cm³/mol. The molecule has 0 aliphatic heterocycles. The van der Waals surface area contributed by atoms with E-state index in [0.29, 0.717) is 16.7 Å². The molecule has 8 heteroatoms. The normalized spacial score (nSPS) is 10.9. The van der Waals surface area contributed by atoms with E-state index in [1.165, 1.54) is 0 Å². The predicted octanol–water partition coefficient (Wildman–Crippen LogP) is 2.90. The van der Waals surface area contributed by atoms with Gasteiger partial charge in [0.2, 0.25) is 0 Å². The summed E-state index contributed by atoms with van der Waals surface area (Å²) in [7, 11) is 0. The molecule has 2 aromatic heterocycles. The number of esters is 1. The average Bonchev–Trinajstić information content (AvgIpc) is 3.28. The fourth-order valence-corrected chi connectivity index (χ4v) is 3.27. The van der Waals surface area contributed by atoms with Crippen LogP contribution >= 0.6 is 11.7 Å². The molecule has 0 spiro atoms. The Bertz CT molecular complexity index is 1100. The molecule has 0 radical (unpaired) electrons. The summed E-state index contributed by atoms with van der Waals surface area (Å²) in [5.41, 5.74) is 3.68. The highest BCUT2D eigenvalue weighted by atomic mass is 32.1. The van der Waals surface area contributed by atoms with Gasteiger partial charge in [-0.2, -0.15) is 8.75 Å². The molecular formula is C18H14N4O3S. The third kappa shape index (κ3) is 3.27. The number of aromatic nitrogens is 3. The standard InChI is InChI=1S/C18H14N4O3S/c23-16(20-14-6-3-7-15-18(14)22-26-21-15)10-25-17(24)8-11-9-19-13-5-2-1-4-12(11)13/h1-7,9,19H,8,10H2,(H,20,23). The van der Waals surface area contributed by atoms with Crippen LogP contribution in [0.2, 0.25) is 0 Å². The van der Waals surface area contributed by atoms with Gasteiger partial charge in [0.05, 0.1) is 23.8 Å². The van der Waals surface area contributed by atoms with Crippen molar-refractivity contribution >= 4 is 51.2 Å². The van der Waals surface area contributed by atoms with Crippen molar-refractivity contribution in [2.24, 2.45) is 0 Å². The van der Waals surface area contributed by atoms with Crippen LogP contribution in [0.15, 0.2) is 48.7 Å². The minimum absolute atomic E-state index is 0.100. The van der Waals surface area contributed by atoms with Crippen molar-refractivity contribution < 1.29 is 14.3 Å². The maximum absolute atomic E-state index is 12.1. The number of amides is 1. The molecule has 2 N–H and O–H groups in total. The van der Waals surface area contributed by atoms with Crippen LogP contribution in [0.3, 0.4) is 0 Å². The van der Waals surface area contributed by atoms with Gasteiger partial charge < -0.3 is 15.0 Å². The number of fused-ring (bicyclic) bond motifs is 2. The molecule has 0 unspecified atom stereocenters. The number of carbonyl (C=O) groups is 2. The van der Waals surface area contributed by atoms with Crippen LogP contribution in [-0.4, -0.2) is 32.2 Å². The number of nitrogens with one attached hydrogen (secondary N) is 2. The Morgan fingerprint density at radius 1 is 1.12 bits per heavy atom. The van der Waals surface area contributed by atoms with Crippen molar-refractivity contribution in [3.8, 4) is 0 Å². The van der Waals surface area contributed by atoms with Crippen LogP contribution in [0.4, 0.5) is 5.69 Å². The highest BCUT2D eigenvalue weighted by Crippen LogP contribution is 2.21. The zero-order chi connectivity index (χ0) is 17.9. The second-order valence-electron chi connectivity index (χ2n) is 5.68. The molecule has 0 bridgehead atoms. The van der Waals surface area contributed by atoms with Crippen molar-refractivity contribution in [2.75, 3.05) is 11.9 Å². The number of rotatable bonds is 5. The lowest BCUT2D eigenvalue weighted by Gasteiger charge is -2.07. The molecule has 2 aromatic carbocycles. The van der Waals surface area contributed by atoms with E-state index in [1.54, 1.807) is 18.3 Å². The molecule has 0 aliphatic carbocycles. The molecule has 0 saturated carbocycles. The summed E-state index contributed by atoms with van der Waals surface area (Å²) in [6, 6.07) is 13.0. The SMILES string of the molecule is O=C(COC(=O)Cc1c[nH]c2ccccc12)Nc1cccc2nsnc12. The van der Waals surface area contributed by atoms with E-state index in [9.17, 15) is 9.59 Å². The van der Waals surface area contributed by atoms with Crippen LogP contribution in [0, 0.1) is 0 Å². The molecule has 4 aromatic rings. The third-order valence-corrected chi connectivity index (χ3v) is 4.48. The summed E-state index contributed by atoms with van der Waals surface area (Å²) in [4.78, 5) is 27.2. The molecule has 2 heterocycles. The minimum atomic E-state index is -0.460. The number of para-hydroxylation sites is 1. The summed E-state index contributed by atoms with van der Waals surface area (Å²) < 4.78 is 13.4. The maximum Gasteiger partial charge on any atom is 0.310 e. The number of anilines is 1. The van der Waals surface area contributed by atoms with Crippen LogP contribution in [0.5, 0.6) is 0 Å². The Morgan fingerprint density at radius 3 is 2.92 bits per heavy atom. The largest absolute Gasteiger partial charge is 0.455 e. The molecule has 26 heavy (non-hydrogen) atoms. The van der Waals surface area contributed by atoms with E-state index < -0.39 is 11.9 Å². The summed E-state index contributed by atoms with van der Waals surface area (Å²) in [6.07, 6.45) is 1.88. The second kappa shape index (κ2) is 6.93. The average molecular weight is 366 g/mol. The first-order valence-corrected chi connectivity index (χ1v) is 8.65. The maximum atomic E-state index is 12.1. The third-order valence-electron chi connectivity index (χ3n) is 3.93. The fourth-order valence-electron chi connectivity index (χ4n) is 2.72. The van der Waals surface area contributed by atoms with Gasteiger partial charge in [0.25, 0.3) is 5.91 Å². The molecule has 0 atom stereocenters. The first-order valence-electron chi connectivity index (χ1n) is 7.92. The Labute approximate surface area is 152 Å². The first kappa shape index (κ1) is 16.2. The Morgan fingerprint density at radius 2 is 2.00 bits per heavy atom. The number of aromatic amines is 1. The monoisotopic (exact) mass is 366 g/mol. The number of ether oxygens (including phenoxy) is 1. The minimum Gasteiger partial charge on any atom is -0.455 e. The smallest absolute Gasteiger partial charge is 0.310 e. The van der Waals surface area contributed by atoms with Crippen LogP contribution in [-0.2, 0) is 20.7 Å². The van der Waals surface area contributed by atoms with Crippen LogP contribution in [0.25, 0.3) is 21.9 Å². The van der Waals surface area contributed by atoms with Gasteiger partial charge in [0.1, 0.15) is 11.0 Å². The van der Waals surface area contributed by atoms with Gasteiger partial charge in [-0.05, 0) is 23.8 Å². The van der Waals surface area contributed by atoms with Gasteiger partial charge in [-0.25, -0.2) is 0 Å². The molecule has 7 nitrogen and oxygen atoms in total. The summed E-state index contributed by atoms with van der Waals surface area (Å²) in [5, 5.41) is 3.67. The molecule has 1 amide bonds. The van der Waals surface area contributed by atoms with E-state index in [-0.39, 0.29) is 13.0 Å². The number of hydrogen-bond acceptors (Lipinski definition) is 6. The lowest BCUT2D eigenvalue weighted by Crippen LogP contribution is -2.21. The van der Waals surface area contributed by atoms with Crippen molar-refractivity contribution in [3.05, 3.63) is 54.2 Å². The lowest BCUT2D eigenvalue weighted by molar-refractivity contribution is -0.146. The van der Waals surface area contributed by atoms with Crippen molar-refractivity contribution in [2.45, 2.75) is 6.42 Å².